The third kappa shape index (κ3) is 4.06. The molecule has 0 spiro atoms. The highest BCUT2D eigenvalue weighted by atomic mass is 32.2. The van der Waals surface area contributed by atoms with E-state index in [1.54, 1.807) is 18.4 Å². The predicted molar refractivity (Wildman–Crippen MR) is 88.2 cm³/mol. The summed E-state index contributed by atoms with van der Waals surface area (Å²) in [6.45, 7) is 6.73. The molecule has 4 nitrogen and oxygen atoms in total. The number of nitrogens with zero attached hydrogens (tertiary/aromatic N) is 1. The van der Waals surface area contributed by atoms with Gasteiger partial charge in [-0.2, -0.15) is 4.31 Å². The Labute approximate surface area is 132 Å². The fraction of sp³-hybridized carbons (Fsp3) is 0.733. The fourth-order valence-corrected chi connectivity index (χ4v) is 5.34. The van der Waals surface area contributed by atoms with Gasteiger partial charge in [-0.1, -0.05) is 13.3 Å². The van der Waals surface area contributed by atoms with E-state index in [0.29, 0.717) is 10.9 Å². The fourth-order valence-electron chi connectivity index (χ4n) is 2.39. The first kappa shape index (κ1) is 16.9. The Bertz CT molecular complexity index is 576. The van der Waals surface area contributed by atoms with Crippen molar-refractivity contribution >= 4 is 21.4 Å². The standard InChI is InChI=1S/C15H26N2O2S2/c1-5-6-11(2)17(4)21(18,19)15-9-14(20-12(15)3)10-16-13-7-8-13/h9,11,13,16H,5-8,10H2,1-4H3. The lowest BCUT2D eigenvalue weighted by Crippen LogP contribution is -2.35. The van der Waals surface area contributed by atoms with Crippen LogP contribution in [0.5, 0.6) is 0 Å². The first-order valence-corrected chi connectivity index (χ1v) is 9.92. The molecule has 1 saturated carbocycles. The monoisotopic (exact) mass is 330 g/mol. The van der Waals surface area contributed by atoms with Gasteiger partial charge in [0.15, 0.2) is 0 Å². The van der Waals surface area contributed by atoms with Crippen molar-refractivity contribution in [3.05, 3.63) is 15.8 Å². The van der Waals surface area contributed by atoms with Gasteiger partial charge in [-0.3, -0.25) is 0 Å². The van der Waals surface area contributed by atoms with E-state index in [4.69, 9.17) is 0 Å². The molecular weight excluding hydrogens is 304 g/mol. The number of hydrogen-bond acceptors (Lipinski definition) is 4. The van der Waals surface area contributed by atoms with Crippen LogP contribution in [0.25, 0.3) is 0 Å². The summed E-state index contributed by atoms with van der Waals surface area (Å²) in [6, 6.07) is 2.52. The molecule has 1 aromatic heterocycles. The van der Waals surface area contributed by atoms with Gasteiger partial charge >= 0.3 is 0 Å². The van der Waals surface area contributed by atoms with Gasteiger partial charge in [0.1, 0.15) is 0 Å². The molecule has 0 bridgehead atoms. The van der Waals surface area contributed by atoms with Crippen LogP contribution in [0.2, 0.25) is 0 Å². The summed E-state index contributed by atoms with van der Waals surface area (Å²) in [4.78, 5) is 2.47. The van der Waals surface area contributed by atoms with Gasteiger partial charge in [0.05, 0.1) is 4.90 Å². The summed E-state index contributed by atoms with van der Waals surface area (Å²) in [5, 5.41) is 3.44. The van der Waals surface area contributed by atoms with Crippen LogP contribution in [0, 0.1) is 6.92 Å². The lowest BCUT2D eigenvalue weighted by atomic mass is 10.2. The van der Waals surface area contributed by atoms with Gasteiger partial charge < -0.3 is 5.32 Å². The molecule has 1 aliphatic carbocycles. The number of aryl methyl sites for hydroxylation is 1. The molecule has 2 rings (SSSR count). The summed E-state index contributed by atoms with van der Waals surface area (Å²) >= 11 is 1.59. The molecule has 21 heavy (non-hydrogen) atoms. The predicted octanol–water partition coefficient (Wildman–Crippen LogP) is 3.12. The minimum atomic E-state index is -3.38. The van der Waals surface area contributed by atoms with Crippen LogP contribution in [-0.2, 0) is 16.6 Å². The second-order valence-electron chi connectivity index (χ2n) is 5.95. The van der Waals surface area contributed by atoms with Gasteiger partial charge in [-0.15, -0.1) is 11.3 Å². The van der Waals surface area contributed by atoms with Crippen molar-refractivity contribution in [1.82, 2.24) is 9.62 Å². The van der Waals surface area contributed by atoms with Crippen LogP contribution < -0.4 is 5.32 Å². The molecule has 1 heterocycles. The van der Waals surface area contributed by atoms with E-state index in [0.717, 1.165) is 29.1 Å². The number of sulfonamides is 1. The van der Waals surface area contributed by atoms with Crippen molar-refractivity contribution in [2.24, 2.45) is 0 Å². The zero-order valence-corrected chi connectivity index (χ0v) is 15.0. The van der Waals surface area contributed by atoms with Crippen LogP contribution in [0.1, 0.15) is 49.3 Å². The van der Waals surface area contributed by atoms with Crippen molar-refractivity contribution in [3.63, 3.8) is 0 Å². The van der Waals surface area contributed by atoms with Crippen LogP contribution in [0.4, 0.5) is 0 Å². The molecule has 1 aliphatic rings. The summed E-state index contributed by atoms with van der Waals surface area (Å²) in [5.74, 6) is 0. The molecule has 1 unspecified atom stereocenters. The molecule has 1 atom stereocenters. The largest absolute Gasteiger partial charge is 0.309 e. The topological polar surface area (TPSA) is 49.4 Å². The molecule has 120 valence electrons. The zero-order valence-electron chi connectivity index (χ0n) is 13.3. The molecule has 0 amide bonds. The Morgan fingerprint density at radius 3 is 2.71 bits per heavy atom. The summed E-state index contributed by atoms with van der Waals surface area (Å²) in [6.07, 6.45) is 4.36. The quantitative estimate of drug-likeness (QED) is 0.797. The highest BCUT2D eigenvalue weighted by molar-refractivity contribution is 7.89. The molecule has 1 aromatic rings. The molecule has 6 heteroatoms. The van der Waals surface area contributed by atoms with E-state index in [9.17, 15) is 8.42 Å². The molecule has 0 radical (unpaired) electrons. The zero-order chi connectivity index (χ0) is 15.6. The molecule has 0 saturated heterocycles. The van der Waals surface area contributed by atoms with Gasteiger partial charge in [0.2, 0.25) is 10.0 Å². The minimum absolute atomic E-state index is 0.0346. The van der Waals surface area contributed by atoms with E-state index in [2.05, 4.69) is 12.2 Å². The molecule has 0 aliphatic heterocycles. The van der Waals surface area contributed by atoms with Crippen LogP contribution in [-0.4, -0.2) is 31.9 Å². The van der Waals surface area contributed by atoms with Crippen molar-refractivity contribution in [2.75, 3.05) is 7.05 Å². The maximum absolute atomic E-state index is 12.7. The van der Waals surface area contributed by atoms with E-state index >= 15 is 0 Å². The second-order valence-corrected chi connectivity index (χ2v) is 9.25. The third-order valence-corrected chi connectivity index (χ3v) is 7.33. The summed E-state index contributed by atoms with van der Waals surface area (Å²) < 4.78 is 27.0. The van der Waals surface area contributed by atoms with Crippen LogP contribution in [0.15, 0.2) is 11.0 Å². The average Bonchev–Trinajstić information content (AvgIpc) is 3.18. The van der Waals surface area contributed by atoms with E-state index in [1.807, 2.05) is 19.9 Å². The van der Waals surface area contributed by atoms with E-state index in [-0.39, 0.29) is 6.04 Å². The Hall–Kier alpha value is -0.430. The highest BCUT2D eigenvalue weighted by Gasteiger charge is 2.28. The lowest BCUT2D eigenvalue weighted by Gasteiger charge is -2.23. The number of nitrogens with one attached hydrogen (secondary N) is 1. The summed E-state index contributed by atoms with van der Waals surface area (Å²) in [7, 11) is -1.69. The van der Waals surface area contributed by atoms with Crippen molar-refractivity contribution < 1.29 is 8.42 Å². The molecule has 1 N–H and O–H groups in total. The number of hydrogen-bond donors (Lipinski definition) is 1. The van der Waals surface area contributed by atoms with Gasteiger partial charge in [0.25, 0.3) is 0 Å². The SMILES string of the molecule is CCCC(C)N(C)S(=O)(=O)c1cc(CNC2CC2)sc1C. The summed E-state index contributed by atoms with van der Waals surface area (Å²) in [5.41, 5.74) is 0. The number of thiophene rings is 1. The second kappa shape index (κ2) is 6.77. The Kier molecular flexibility index (Phi) is 5.46. The first-order valence-electron chi connectivity index (χ1n) is 7.67. The Balaban J connectivity index is 2.14. The van der Waals surface area contributed by atoms with E-state index < -0.39 is 10.0 Å². The van der Waals surface area contributed by atoms with Crippen molar-refractivity contribution in [2.45, 2.75) is 70.0 Å². The highest BCUT2D eigenvalue weighted by Crippen LogP contribution is 2.30. The molecular formula is C15H26N2O2S2. The normalized spacial score (nSPS) is 17.4. The van der Waals surface area contributed by atoms with E-state index in [1.165, 1.54) is 17.1 Å². The Morgan fingerprint density at radius 2 is 2.14 bits per heavy atom. The number of rotatable bonds is 8. The van der Waals surface area contributed by atoms with Gasteiger partial charge in [-0.25, -0.2) is 8.42 Å². The Morgan fingerprint density at radius 1 is 1.48 bits per heavy atom. The average molecular weight is 331 g/mol. The lowest BCUT2D eigenvalue weighted by molar-refractivity contribution is 0.368. The van der Waals surface area contributed by atoms with Crippen LogP contribution >= 0.6 is 11.3 Å². The first-order chi connectivity index (χ1) is 9.86. The maximum Gasteiger partial charge on any atom is 0.244 e. The molecule has 0 aromatic carbocycles. The maximum atomic E-state index is 12.7. The third-order valence-electron chi connectivity index (χ3n) is 4.05. The van der Waals surface area contributed by atoms with Gasteiger partial charge in [0, 0.05) is 35.4 Å². The smallest absolute Gasteiger partial charge is 0.244 e. The van der Waals surface area contributed by atoms with Gasteiger partial charge in [-0.05, 0) is 39.2 Å². The molecule has 1 fully saturated rings. The van der Waals surface area contributed by atoms with Crippen molar-refractivity contribution in [3.8, 4) is 0 Å². The van der Waals surface area contributed by atoms with Crippen LogP contribution in [0.3, 0.4) is 0 Å². The minimum Gasteiger partial charge on any atom is -0.309 e. The van der Waals surface area contributed by atoms with Crippen molar-refractivity contribution in [1.29, 1.82) is 0 Å².